The Morgan fingerprint density at radius 1 is 1.35 bits per heavy atom. The van der Waals surface area contributed by atoms with Gasteiger partial charge in [0.15, 0.2) is 5.78 Å². The fraction of sp³-hybridized carbons (Fsp3) is 0.267. The molecule has 0 atom stereocenters. The molecule has 88 valence electrons. The first-order valence-electron chi connectivity index (χ1n) is 5.78. The molecule has 0 spiro atoms. The van der Waals surface area contributed by atoms with Crippen molar-refractivity contribution in [2.75, 3.05) is 0 Å². The zero-order valence-corrected chi connectivity index (χ0v) is 11.7. The molecule has 17 heavy (non-hydrogen) atoms. The highest BCUT2D eigenvalue weighted by Crippen LogP contribution is 2.28. The predicted molar refractivity (Wildman–Crippen MR) is 75.1 cm³/mol. The van der Waals surface area contributed by atoms with E-state index < -0.39 is 0 Å². The minimum absolute atomic E-state index is 0.239. The normalized spacial score (nSPS) is 16.3. The predicted octanol–water partition coefficient (Wildman–Crippen LogP) is 4.78. The Morgan fingerprint density at radius 3 is 2.82 bits per heavy atom. The smallest absolute Gasteiger partial charge is 0.163 e. The van der Waals surface area contributed by atoms with Crippen LogP contribution in [0.5, 0.6) is 0 Å². The first-order valence-corrected chi connectivity index (χ1v) is 6.57. The van der Waals surface area contributed by atoms with Crippen LogP contribution >= 0.6 is 15.9 Å². The molecule has 1 nitrogen and oxygen atoms in total. The fourth-order valence-corrected chi connectivity index (χ4v) is 2.42. The molecule has 1 aliphatic carbocycles. The van der Waals surface area contributed by atoms with Crippen LogP contribution in [0, 0.1) is 0 Å². The highest BCUT2D eigenvalue weighted by molar-refractivity contribution is 9.10. The maximum absolute atomic E-state index is 12.0. The van der Waals surface area contributed by atoms with Gasteiger partial charge in [-0.1, -0.05) is 33.7 Å². The summed E-state index contributed by atoms with van der Waals surface area (Å²) in [7, 11) is 0. The fourth-order valence-electron chi connectivity index (χ4n) is 2.05. The largest absolute Gasteiger partial charge is 0.294 e. The number of carbonyl (C=O) groups is 1. The van der Waals surface area contributed by atoms with Gasteiger partial charge >= 0.3 is 0 Å². The van der Waals surface area contributed by atoms with Gasteiger partial charge in [-0.3, -0.25) is 4.79 Å². The summed E-state index contributed by atoms with van der Waals surface area (Å²) in [5.74, 6) is 0.239. The van der Waals surface area contributed by atoms with Crippen molar-refractivity contribution in [3.8, 4) is 0 Å². The third-order valence-corrected chi connectivity index (χ3v) is 3.70. The van der Waals surface area contributed by atoms with E-state index in [1.54, 1.807) is 0 Å². The van der Waals surface area contributed by atoms with E-state index in [-0.39, 0.29) is 5.78 Å². The summed E-state index contributed by atoms with van der Waals surface area (Å²) in [6, 6.07) is 5.85. The summed E-state index contributed by atoms with van der Waals surface area (Å²) < 4.78 is 1.01. The first-order chi connectivity index (χ1) is 8.11. The van der Waals surface area contributed by atoms with Crippen LogP contribution in [0.3, 0.4) is 0 Å². The van der Waals surface area contributed by atoms with Crippen LogP contribution in [0.25, 0.3) is 6.08 Å². The number of halogens is 1. The van der Waals surface area contributed by atoms with E-state index >= 15 is 0 Å². The van der Waals surface area contributed by atoms with Crippen LogP contribution in [0.4, 0.5) is 0 Å². The average Bonchev–Trinajstić information content (AvgIpc) is 2.48. The van der Waals surface area contributed by atoms with Crippen molar-refractivity contribution in [3.63, 3.8) is 0 Å². The topological polar surface area (TPSA) is 17.1 Å². The van der Waals surface area contributed by atoms with E-state index in [4.69, 9.17) is 0 Å². The van der Waals surface area contributed by atoms with Gasteiger partial charge in [0.1, 0.15) is 0 Å². The van der Waals surface area contributed by atoms with Crippen molar-refractivity contribution in [2.24, 2.45) is 0 Å². The molecule has 0 amide bonds. The molecule has 2 rings (SSSR count). The van der Waals surface area contributed by atoms with Gasteiger partial charge in [-0.25, -0.2) is 0 Å². The van der Waals surface area contributed by atoms with Crippen LogP contribution in [0.1, 0.15) is 42.6 Å². The van der Waals surface area contributed by atoms with Gasteiger partial charge < -0.3 is 0 Å². The lowest BCUT2D eigenvalue weighted by Crippen LogP contribution is -1.99. The molecule has 0 N–H and O–H groups in total. The van der Waals surface area contributed by atoms with Crippen molar-refractivity contribution in [1.29, 1.82) is 0 Å². The quantitative estimate of drug-likeness (QED) is 0.728. The number of rotatable bonds is 1. The van der Waals surface area contributed by atoms with Gasteiger partial charge in [0.2, 0.25) is 0 Å². The second kappa shape index (κ2) is 5.01. The molecule has 1 aromatic carbocycles. The standard InChI is InChI=1S/C15H15BrO/c1-3-10(2)11-4-7-15(17)14-6-5-13(16)9-12(14)8-11/h3,5-6,8-9H,4,7H2,1-2H3. The summed E-state index contributed by atoms with van der Waals surface area (Å²) in [6.45, 7) is 4.13. The Bertz CT molecular complexity index is 524. The molecule has 0 aromatic heterocycles. The van der Waals surface area contributed by atoms with Gasteiger partial charge in [0, 0.05) is 16.5 Å². The molecule has 2 heteroatoms. The lowest BCUT2D eigenvalue weighted by molar-refractivity contribution is 0.0983. The molecule has 0 bridgehead atoms. The second-order valence-electron chi connectivity index (χ2n) is 4.30. The molecule has 0 radical (unpaired) electrons. The number of fused-ring (bicyclic) bond motifs is 1. The lowest BCUT2D eigenvalue weighted by atomic mass is 10.0. The number of benzene rings is 1. The van der Waals surface area contributed by atoms with Crippen molar-refractivity contribution < 1.29 is 4.79 Å². The molecule has 0 saturated heterocycles. The van der Waals surface area contributed by atoms with Crippen molar-refractivity contribution in [2.45, 2.75) is 26.7 Å². The van der Waals surface area contributed by atoms with E-state index in [1.807, 2.05) is 25.1 Å². The van der Waals surface area contributed by atoms with Gasteiger partial charge in [-0.15, -0.1) is 0 Å². The Morgan fingerprint density at radius 2 is 2.12 bits per heavy atom. The van der Waals surface area contributed by atoms with Crippen LogP contribution < -0.4 is 0 Å². The van der Waals surface area contributed by atoms with E-state index in [0.717, 1.165) is 22.0 Å². The number of allylic oxidation sites excluding steroid dienone is 3. The minimum atomic E-state index is 0.239. The van der Waals surface area contributed by atoms with Crippen molar-refractivity contribution >= 4 is 27.8 Å². The third-order valence-electron chi connectivity index (χ3n) is 3.20. The molecule has 1 aromatic rings. The highest BCUT2D eigenvalue weighted by Gasteiger charge is 2.16. The second-order valence-corrected chi connectivity index (χ2v) is 5.21. The Labute approximate surface area is 110 Å². The van der Waals surface area contributed by atoms with E-state index in [1.165, 1.54) is 11.1 Å². The molecule has 0 saturated carbocycles. The molecule has 0 fully saturated rings. The Hall–Kier alpha value is -1.15. The summed E-state index contributed by atoms with van der Waals surface area (Å²) in [5.41, 5.74) is 4.38. The molecule has 0 aliphatic heterocycles. The number of ketones is 1. The zero-order chi connectivity index (χ0) is 12.4. The SMILES string of the molecule is CC=C(C)C1=Cc2cc(Br)ccc2C(=O)CC1. The molecular formula is C15H15BrO. The van der Waals surface area contributed by atoms with Crippen LogP contribution in [0.2, 0.25) is 0 Å². The summed E-state index contributed by atoms with van der Waals surface area (Å²) in [6.07, 6.45) is 5.67. The van der Waals surface area contributed by atoms with Crippen LogP contribution in [-0.2, 0) is 0 Å². The van der Waals surface area contributed by atoms with Gasteiger partial charge in [0.25, 0.3) is 0 Å². The number of hydrogen-bond donors (Lipinski definition) is 0. The number of carbonyl (C=O) groups excluding carboxylic acids is 1. The van der Waals surface area contributed by atoms with Crippen molar-refractivity contribution in [3.05, 3.63) is 51.0 Å². The molecule has 0 heterocycles. The molecular weight excluding hydrogens is 276 g/mol. The van der Waals surface area contributed by atoms with Crippen LogP contribution in [-0.4, -0.2) is 5.78 Å². The Balaban J connectivity index is 2.55. The minimum Gasteiger partial charge on any atom is -0.294 e. The summed E-state index contributed by atoms with van der Waals surface area (Å²) in [5, 5.41) is 0. The van der Waals surface area contributed by atoms with Crippen LogP contribution in [0.15, 0.2) is 39.9 Å². The first kappa shape index (κ1) is 12.3. The van der Waals surface area contributed by atoms with Gasteiger partial charge in [-0.05, 0) is 49.6 Å². The number of hydrogen-bond acceptors (Lipinski definition) is 1. The van der Waals surface area contributed by atoms with E-state index in [0.29, 0.717) is 6.42 Å². The maximum Gasteiger partial charge on any atom is 0.163 e. The maximum atomic E-state index is 12.0. The van der Waals surface area contributed by atoms with Crippen molar-refractivity contribution in [1.82, 2.24) is 0 Å². The zero-order valence-electron chi connectivity index (χ0n) is 10.1. The van der Waals surface area contributed by atoms with Gasteiger partial charge in [0.05, 0.1) is 0 Å². The number of Topliss-reactive ketones (excluding diaryl/α,β-unsaturated/α-hetero) is 1. The monoisotopic (exact) mass is 290 g/mol. The average molecular weight is 291 g/mol. The van der Waals surface area contributed by atoms with E-state index in [2.05, 4.69) is 35.0 Å². The Kier molecular flexibility index (Phi) is 3.63. The molecule has 1 aliphatic rings. The summed E-state index contributed by atoms with van der Waals surface area (Å²) in [4.78, 5) is 12.0. The third kappa shape index (κ3) is 2.58. The summed E-state index contributed by atoms with van der Waals surface area (Å²) >= 11 is 3.45. The molecule has 0 unspecified atom stereocenters. The van der Waals surface area contributed by atoms with E-state index in [9.17, 15) is 4.79 Å². The highest BCUT2D eigenvalue weighted by atomic mass is 79.9. The lowest BCUT2D eigenvalue weighted by Gasteiger charge is -2.04. The van der Waals surface area contributed by atoms with Gasteiger partial charge in [-0.2, -0.15) is 0 Å².